The Morgan fingerprint density at radius 1 is 0.818 bits per heavy atom. The molecule has 33 heavy (non-hydrogen) atoms. The average Bonchev–Trinajstić information content (AvgIpc) is 2.83. The van der Waals surface area contributed by atoms with E-state index in [0.717, 1.165) is 23.3 Å². The molecule has 1 unspecified atom stereocenters. The molecule has 4 aromatic carbocycles. The van der Waals surface area contributed by atoms with Crippen molar-refractivity contribution < 1.29 is 13.6 Å². The number of aryl methyl sites for hydroxylation is 1. The fourth-order valence-corrected chi connectivity index (χ4v) is 3.60. The molecule has 168 valence electrons. The van der Waals surface area contributed by atoms with Crippen LogP contribution in [-0.2, 0) is 0 Å². The van der Waals surface area contributed by atoms with Gasteiger partial charge in [0.2, 0.25) is 11.2 Å². The van der Waals surface area contributed by atoms with Crippen molar-refractivity contribution in [2.75, 3.05) is 5.48 Å². The van der Waals surface area contributed by atoms with Crippen LogP contribution in [0.25, 0.3) is 0 Å². The van der Waals surface area contributed by atoms with Crippen LogP contribution in [0.2, 0.25) is 0 Å². The molecule has 2 atom stereocenters. The summed E-state index contributed by atoms with van der Waals surface area (Å²) in [6.07, 6.45) is 0. The first-order chi connectivity index (χ1) is 15.8. The van der Waals surface area contributed by atoms with E-state index in [4.69, 9.17) is 4.84 Å². The van der Waals surface area contributed by atoms with E-state index in [9.17, 15) is 18.4 Å². The molecule has 0 saturated carbocycles. The number of benzene rings is 3. The number of anilines is 1. The van der Waals surface area contributed by atoms with Gasteiger partial charge in [-0.05, 0) is 49.2 Å². The molecule has 4 aromatic rings. The Kier molecular flexibility index (Phi) is 6.33. The Bertz CT molecular complexity index is 1330. The van der Waals surface area contributed by atoms with Crippen molar-refractivity contribution in [1.29, 1.82) is 0 Å². The number of hydrogen-bond acceptors (Lipinski definition) is 5. The normalized spacial score (nSPS) is 13.0. The predicted molar refractivity (Wildman–Crippen MR) is 123 cm³/mol. The molecule has 0 radical (unpaired) electrons. The molecular formula is C26H22F2N2O3. The van der Waals surface area contributed by atoms with Gasteiger partial charge in [0.05, 0.1) is 17.3 Å². The van der Waals surface area contributed by atoms with Gasteiger partial charge in [-0.3, -0.25) is 14.9 Å². The second kappa shape index (κ2) is 9.34. The summed E-state index contributed by atoms with van der Waals surface area (Å²) in [5.74, 6) is -1.98. The van der Waals surface area contributed by atoms with Crippen LogP contribution in [-0.4, -0.2) is 0 Å². The third kappa shape index (κ3) is 4.68. The van der Waals surface area contributed by atoms with Crippen molar-refractivity contribution in [1.82, 2.24) is 5.32 Å². The Morgan fingerprint density at radius 2 is 1.48 bits per heavy atom. The standard InChI is InChI=1S/C26H22F2N2O3/c1-15-8-10-17(11-9-15)23(29-16(2)18-12-13-20(27)21(28)14-18)22-24(31)25(32)26(22)33-30-19-6-4-3-5-7-19/h3-14,16,23,29-30H,1-2H3/t16-,23?/m1/s1. The van der Waals surface area contributed by atoms with Gasteiger partial charge in [0, 0.05) is 6.04 Å². The SMILES string of the molecule is Cc1ccc(C(N[C@H](C)c2ccc(F)c(F)c2)c2c(ONc3ccccc3)c(=O)c2=O)cc1. The summed E-state index contributed by atoms with van der Waals surface area (Å²) in [7, 11) is 0. The summed E-state index contributed by atoms with van der Waals surface area (Å²) in [5.41, 5.74) is 4.34. The van der Waals surface area contributed by atoms with Gasteiger partial charge in [-0.2, -0.15) is 0 Å². The van der Waals surface area contributed by atoms with Crippen LogP contribution < -0.4 is 26.5 Å². The van der Waals surface area contributed by atoms with Gasteiger partial charge in [-0.15, -0.1) is 0 Å². The molecule has 4 rings (SSSR count). The van der Waals surface area contributed by atoms with Crippen molar-refractivity contribution in [3.63, 3.8) is 0 Å². The largest absolute Gasteiger partial charge is 0.377 e. The maximum atomic E-state index is 13.8. The Morgan fingerprint density at radius 3 is 2.15 bits per heavy atom. The summed E-state index contributed by atoms with van der Waals surface area (Å²) in [6, 6.07) is 18.9. The minimum Gasteiger partial charge on any atom is -0.377 e. The zero-order valence-electron chi connectivity index (χ0n) is 18.1. The summed E-state index contributed by atoms with van der Waals surface area (Å²) >= 11 is 0. The third-order valence-electron chi connectivity index (χ3n) is 5.51. The van der Waals surface area contributed by atoms with Gasteiger partial charge in [0.1, 0.15) is 0 Å². The Labute approximate surface area is 189 Å². The van der Waals surface area contributed by atoms with Gasteiger partial charge in [0.25, 0.3) is 5.43 Å². The van der Waals surface area contributed by atoms with E-state index in [-0.39, 0.29) is 11.3 Å². The predicted octanol–water partition coefficient (Wildman–Crippen LogP) is 4.72. The molecular weight excluding hydrogens is 426 g/mol. The summed E-state index contributed by atoms with van der Waals surface area (Å²) in [6.45, 7) is 3.70. The van der Waals surface area contributed by atoms with E-state index in [1.807, 2.05) is 37.3 Å². The smallest absolute Gasteiger partial charge is 0.271 e. The lowest BCUT2D eigenvalue weighted by Gasteiger charge is -2.26. The van der Waals surface area contributed by atoms with Crippen LogP contribution in [0.15, 0.2) is 82.4 Å². The fourth-order valence-electron chi connectivity index (χ4n) is 3.60. The highest BCUT2D eigenvalue weighted by Gasteiger charge is 2.32. The first kappa shape index (κ1) is 22.4. The van der Waals surface area contributed by atoms with Crippen LogP contribution in [0.3, 0.4) is 0 Å². The molecule has 0 aliphatic rings. The van der Waals surface area contributed by atoms with Crippen LogP contribution in [0.4, 0.5) is 14.5 Å². The number of rotatable bonds is 8. The third-order valence-corrected chi connectivity index (χ3v) is 5.51. The molecule has 5 nitrogen and oxygen atoms in total. The van der Waals surface area contributed by atoms with Crippen molar-refractivity contribution in [3.05, 3.63) is 127 Å². The zero-order chi connectivity index (χ0) is 23.5. The number of hydrogen-bond donors (Lipinski definition) is 2. The van der Waals surface area contributed by atoms with Crippen LogP contribution in [0.1, 0.15) is 41.3 Å². The van der Waals surface area contributed by atoms with Crippen LogP contribution >= 0.6 is 0 Å². The molecule has 0 aromatic heterocycles. The Hall–Kier alpha value is -3.84. The minimum atomic E-state index is -0.960. The summed E-state index contributed by atoms with van der Waals surface area (Å²) in [5, 5.41) is 3.27. The lowest BCUT2D eigenvalue weighted by atomic mass is 9.92. The monoisotopic (exact) mass is 448 g/mol. The lowest BCUT2D eigenvalue weighted by Crippen LogP contribution is -2.43. The minimum absolute atomic E-state index is 0.0839. The van der Waals surface area contributed by atoms with Crippen molar-refractivity contribution in [2.24, 2.45) is 0 Å². The average molecular weight is 448 g/mol. The number of para-hydroxylation sites is 1. The first-order valence-corrected chi connectivity index (χ1v) is 10.4. The van der Waals surface area contributed by atoms with E-state index in [2.05, 4.69) is 10.8 Å². The molecule has 0 heterocycles. The van der Waals surface area contributed by atoms with E-state index < -0.39 is 34.6 Å². The molecule has 0 bridgehead atoms. The molecule has 7 heteroatoms. The maximum absolute atomic E-state index is 13.8. The summed E-state index contributed by atoms with van der Waals surface area (Å²) in [4.78, 5) is 30.5. The van der Waals surface area contributed by atoms with E-state index in [1.165, 1.54) is 6.07 Å². The van der Waals surface area contributed by atoms with E-state index in [1.54, 1.807) is 31.2 Å². The topological polar surface area (TPSA) is 67.4 Å². The van der Waals surface area contributed by atoms with Gasteiger partial charge in [0.15, 0.2) is 11.6 Å². The second-order valence-corrected chi connectivity index (χ2v) is 7.88. The molecule has 0 aliphatic carbocycles. The number of halogens is 2. The highest BCUT2D eigenvalue weighted by Crippen LogP contribution is 2.30. The van der Waals surface area contributed by atoms with E-state index in [0.29, 0.717) is 11.3 Å². The van der Waals surface area contributed by atoms with Crippen molar-refractivity contribution in [3.8, 4) is 5.75 Å². The van der Waals surface area contributed by atoms with Gasteiger partial charge in [-0.1, -0.05) is 54.1 Å². The van der Waals surface area contributed by atoms with E-state index >= 15 is 0 Å². The molecule has 0 fully saturated rings. The lowest BCUT2D eigenvalue weighted by molar-refractivity contribution is 0.379. The molecule has 0 amide bonds. The first-order valence-electron chi connectivity index (χ1n) is 10.4. The summed E-state index contributed by atoms with van der Waals surface area (Å²) < 4.78 is 27.2. The number of nitrogens with one attached hydrogen (secondary N) is 2. The highest BCUT2D eigenvalue weighted by atomic mass is 19.2. The van der Waals surface area contributed by atoms with Crippen molar-refractivity contribution >= 4 is 5.69 Å². The molecule has 0 spiro atoms. The van der Waals surface area contributed by atoms with Gasteiger partial charge < -0.3 is 4.84 Å². The quantitative estimate of drug-likeness (QED) is 0.302. The van der Waals surface area contributed by atoms with Crippen LogP contribution in [0.5, 0.6) is 5.75 Å². The Balaban J connectivity index is 1.68. The molecule has 0 aliphatic heterocycles. The van der Waals surface area contributed by atoms with Crippen LogP contribution in [0, 0.1) is 18.6 Å². The second-order valence-electron chi connectivity index (χ2n) is 7.88. The van der Waals surface area contributed by atoms with Gasteiger partial charge >= 0.3 is 0 Å². The van der Waals surface area contributed by atoms with Gasteiger partial charge in [-0.25, -0.2) is 14.3 Å². The zero-order valence-corrected chi connectivity index (χ0v) is 18.1. The molecule has 0 saturated heterocycles. The molecule has 2 N–H and O–H groups in total. The van der Waals surface area contributed by atoms with Crippen molar-refractivity contribution in [2.45, 2.75) is 25.9 Å². The maximum Gasteiger partial charge on any atom is 0.271 e. The highest BCUT2D eigenvalue weighted by molar-refractivity contribution is 5.49. The fraction of sp³-hybridized carbons (Fsp3) is 0.154.